The number of nitrogens with one attached hydrogen (secondary N) is 1. The summed E-state index contributed by atoms with van der Waals surface area (Å²) in [6.07, 6.45) is 0.419. The predicted molar refractivity (Wildman–Crippen MR) is 101 cm³/mol. The topological polar surface area (TPSA) is 47.6 Å². The molecule has 0 saturated carbocycles. The van der Waals surface area contributed by atoms with Crippen LogP contribution < -0.4 is 10.1 Å². The average Bonchev–Trinajstić information content (AvgIpc) is 2.57. The van der Waals surface area contributed by atoms with Gasteiger partial charge in [0.05, 0.1) is 12.3 Å². The summed E-state index contributed by atoms with van der Waals surface area (Å²) in [5.74, 6) is 0.871. The standard InChI is InChI=1S/C21H27NO3/c1-6-17-9-8-10-19(22-21(23)24-7-2)18(17)13-25-20-12-15(4)14(3)11-16(20)5/h8-12H,6-7,13H2,1-5H3,(H,22,23). The van der Waals surface area contributed by atoms with Gasteiger partial charge >= 0.3 is 6.09 Å². The minimum atomic E-state index is -0.445. The van der Waals surface area contributed by atoms with Crippen LogP contribution in [0, 0.1) is 20.8 Å². The number of amides is 1. The fraction of sp³-hybridized carbons (Fsp3) is 0.381. The average molecular weight is 341 g/mol. The van der Waals surface area contributed by atoms with Crippen molar-refractivity contribution >= 4 is 11.8 Å². The summed E-state index contributed by atoms with van der Waals surface area (Å²) < 4.78 is 11.1. The van der Waals surface area contributed by atoms with Gasteiger partial charge in [0, 0.05) is 5.56 Å². The Labute approximate surface area is 150 Å². The van der Waals surface area contributed by atoms with Crippen molar-refractivity contribution in [3.8, 4) is 5.75 Å². The quantitative estimate of drug-likeness (QED) is 0.773. The number of aryl methyl sites for hydroxylation is 4. The highest BCUT2D eigenvalue weighted by Crippen LogP contribution is 2.27. The molecule has 25 heavy (non-hydrogen) atoms. The first-order chi connectivity index (χ1) is 12.0. The number of benzene rings is 2. The number of ether oxygens (including phenoxy) is 2. The summed E-state index contributed by atoms with van der Waals surface area (Å²) in [6.45, 7) is 10.8. The summed E-state index contributed by atoms with van der Waals surface area (Å²) in [5, 5.41) is 2.82. The van der Waals surface area contributed by atoms with Crippen molar-refractivity contribution in [2.24, 2.45) is 0 Å². The van der Waals surface area contributed by atoms with Crippen LogP contribution in [-0.2, 0) is 17.8 Å². The predicted octanol–water partition coefficient (Wildman–Crippen LogP) is 5.32. The van der Waals surface area contributed by atoms with Gasteiger partial charge < -0.3 is 9.47 Å². The zero-order valence-corrected chi connectivity index (χ0v) is 15.7. The van der Waals surface area contributed by atoms with Crippen molar-refractivity contribution in [3.05, 3.63) is 58.1 Å². The molecule has 0 heterocycles. The van der Waals surface area contributed by atoms with E-state index in [4.69, 9.17) is 9.47 Å². The summed E-state index contributed by atoms with van der Waals surface area (Å²) in [6, 6.07) is 10.1. The van der Waals surface area contributed by atoms with Crippen LogP contribution in [0.4, 0.5) is 10.5 Å². The van der Waals surface area contributed by atoms with E-state index in [-0.39, 0.29) is 0 Å². The molecule has 1 N–H and O–H groups in total. The fourth-order valence-electron chi connectivity index (χ4n) is 2.77. The molecule has 0 bridgehead atoms. The molecule has 0 spiro atoms. The summed E-state index contributed by atoms with van der Waals surface area (Å²) in [4.78, 5) is 11.8. The van der Waals surface area contributed by atoms with Crippen LogP contribution in [-0.4, -0.2) is 12.7 Å². The van der Waals surface area contributed by atoms with Crippen molar-refractivity contribution in [3.63, 3.8) is 0 Å². The van der Waals surface area contributed by atoms with Gasteiger partial charge in [0.25, 0.3) is 0 Å². The van der Waals surface area contributed by atoms with Crippen LogP contribution in [0.1, 0.15) is 41.7 Å². The van der Waals surface area contributed by atoms with Gasteiger partial charge in [0.2, 0.25) is 0 Å². The number of hydrogen-bond acceptors (Lipinski definition) is 3. The van der Waals surface area contributed by atoms with Crippen LogP contribution in [0.2, 0.25) is 0 Å². The Balaban J connectivity index is 2.25. The van der Waals surface area contributed by atoms with Crippen molar-refractivity contribution in [1.82, 2.24) is 0 Å². The Kier molecular flexibility index (Phi) is 6.45. The van der Waals surface area contributed by atoms with Crippen LogP contribution in [0.3, 0.4) is 0 Å². The molecule has 134 valence electrons. The molecule has 2 rings (SSSR count). The fourth-order valence-corrected chi connectivity index (χ4v) is 2.77. The molecule has 0 radical (unpaired) electrons. The van der Waals surface area contributed by atoms with E-state index < -0.39 is 6.09 Å². The normalized spacial score (nSPS) is 10.4. The molecule has 4 nitrogen and oxygen atoms in total. The Morgan fingerprint density at radius 2 is 1.76 bits per heavy atom. The van der Waals surface area contributed by atoms with E-state index in [9.17, 15) is 4.79 Å². The number of anilines is 1. The minimum Gasteiger partial charge on any atom is -0.489 e. The van der Waals surface area contributed by atoms with Gasteiger partial charge in [0.15, 0.2) is 0 Å². The number of carbonyl (C=O) groups excluding carboxylic acids is 1. The second-order valence-corrected chi connectivity index (χ2v) is 6.13. The van der Waals surface area contributed by atoms with E-state index in [0.717, 1.165) is 34.5 Å². The van der Waals surface area contributed by atoms with Gasteiger partial charge in [0.1, 0.15) is 12.4 Å². The van der Waals surface area contributed by atoms with Crippen molar-refractivity contribution in [2.45, 2.75) is 47.6 Å². The third kappa shape index (κ3) is 4.75. The first-order valence-corrected chi connectivity index (χ1v) is 8.71. The molecule has 0 aliphatic rings. The highest BCUT2D eigenvalue weighted by atomic mass is 16.5. The van der Waals surface area contributed by atoms with E-state index in [1.165, 1.54) is 11.1 Å². The molecule has 0 fully saturated rings. The Morgan fingerprint density at radius 1 is 1.04 bits per heavy atom. The maximum Gasteiger partial charge on any atom is 0.411 e. The summed E-state index contributed by atoms with van der Waals surface area (Å²) in [5.41, 5.74) is 6.43. The Morgan fingerprint density at radius 3 is 2.44 bits per heavy atom. The molecule has 0 aromatic heterocycles. The van der Waals surface area contributed by atoms with Gasteiger partial charge in [-0.1, -0.05) is 25.1 Å². The molecule has 0 aliphatic carbocycles. The molecule has 2 aromatic carbocycles. The monoisotopic (exact) mass is 341 g/mol. The second-order valence-electron chi connectivity index (χ2n) is 6.13. The zero-order valence-electron chi connectivity index (χ0n) is 15.7. The molecule has 4 heteroatoms. The molecule has 0 aliphatic heterocycles. The van der Waals surface area contributed by atoms with Crippen molar-refractivity contribution in [1.29, 1.82) is 0 Å². The third-order valence-corrected chi connectivity index (χ3v) is 4.33. The molecular formula is C21H27NO3. The molecule has 0 saturated heterocycles. The second kappa shape index (κ2) is 8.56. The van der Waals surface area contributed by atoms with E-state index >= 15 is 0 Å². The Bertz CT molecular complexity index is 753. The third-order valence-electron chi connectivity index (χ3n) is 4.33. The molecule has 0 unspecified atom stereocenters. The molecule has 1 amide bonds. The van der Waals surface area contributed by atoms with Gasteiger partial charge in [-0.05, 0) is 68.5 Å². The van der Waals surface area contributed by atoms with E-state index in [1.54, 1.807) is 6.92 Å². The first kappa shape index (κ1) is 18.8. The first-order valence-electron chi connectivity index (χ1n) is 8.71. The highest BCUT2D eigenvalue weighted by molar-refractivity contribution is 5.86. The maximum absolute atomic E-state index is 11.8. The molecule has 2 aromatic rings. The Hall–Kier alpha value is -2.49. The largest absolute Gasteiger partial charge is 0.489 e. The van der Waals surface area contributed by atoms with Crippen molar-refractivity contribution < 1.29 is 14.3 Å². The lowest BCUT2D eigenvalue weighted by Gasteiger charge is -2.17. The molecular weight excluding hydrogens is 314 g/mol. The van der Waals surface area contributed by atoms with Crippen LogP contribution >= 0.6 is 0 Å². The van der Waals surface area contributed by atoms with Gasteiger partial charge in [-0.25, -0.2) is 4.79 Å². The number of rotatable bonds is 6. The van der Waals surface area contributed by atoms with Crippen LogP contribution in [0.15, 0.2) is 30.3 Å². The molecule has 0 atom stereocenters. The minimum absolute atomic E-state index is 0.340. The van der Waals surface area contributed by atoms with E-state index in [1.807, 2.05) is 19.1 Å². The van der Waals surface area contributed by atoms with Crippen molar-refractivity contribution in [2.75, 3.05) is 11.9 Å². The highest BCUT2D eigenvalue weighted by Gasteiger charge is 2.12. The number of hydrogen-bond donors (Lipinski definition) is 1. The lowest BCUT2D eigenvalue weighted by atomic mass is 10.0. The summed E-state index contributed by atoms with van der Waals surface area (Å²) >= 11 is 0. The summed E-state index contributed by atoms with van der Waals surface area (Å²) in [7, 11) is 0. The van der Waals surface area contributed by atoms with Gasteiger partial charge in [-0.15, -0.1) is 0 Å². The maximum atomic E-state index is 11.8. The van der Waals surface area contributed by atoms with Gasteiger partial charge in [-0.3, -0.25) is 5.32 Å². The SMILES string of the molecule is CCOC(=O)Nc1cccc(CC)c1COc1cc(C)c(C)cc1C. The van der Waals surface area contributed by atoms with Crippen LogP contribution in [0.5, 0.6) is 5.75 Å². The van der Waals surface area contributed by atoms with E-state index in [2.05, 4.69) is 44.3 Å². The smallest absolute Gasteiger partial charge is 0.411 e. The van der Waals surface area contributed by atoms with Crippen LogP contribution in [0.25, 0.3) is 0 Å². The zero-order chi connectivity index (χ0) is 18.4. The number of carbonyl (C=O) groups is 1. The lowest BCUT2D eigenvalue weighted by molar-refractivity contribution is 0.168. The lowest BCUT2D eigenvalue weighted by Crippen LogP contribution is -2.16. The van der Waals surface area contributed by atoms with Gasteiger partial charge in [-0.2, -0.15) is 0 Å². The van der Waals surface area contributed by atoms with E-state index in [0.29, 0.717) is 13.2 Å².